The third-order valence-corrected chi connectivity index (χ3v) is 3.48. The number of anilines is 1. The van der Waals surface area contributed by atoms with Gasteiger partial charge in [-0.25, -0.2) is 0 Å². The van der Waals surface area contributed by atoms with Gasteiger partial charge in [-0.2, -0.15) is 5.10 Å². The Bertz CT molecular complexity index is 395. The maximum Gasteiger partial charge on any atom is 0.242 e. The van der Waals surface area contributed by atoms with Crippen molar-refractivity contribution in [2.45, 2.75) is 51.5 Å². The third kappa shape index (κ3) is 3.10. The van der Waals surface area contributed by atoms with Crippen LogP contribution in [0.2, 0.25) is 0 Å². The summed E-state index contributed by atoms with van der Waals surface area (Å²) in [5.41, 5.74) is 1.09. The molecule has 0 saturated carbocycles. The Labute approximate surface area is 108 Å². The van der Waals surface area contributed by atoms with Gasteiger partial charge >= 0.3 is 0 Å². The molecule has 2 unspecified atom stereocenters. The van der Waals surface area contributed by atoms with Crippen molar-refractivity contribution in [2.24, 2.45) is 0 Å². The van der Waals surface area contributed by atoms with Crippen LogP contribution in [0.15, 0.2) is 6.07 Å². The molecule has 0 spiro atoms. The lowest BCUT2D eigenvalue weighted by molar-refractivity contribution is -0.117. The van der Waals surface area contributed by atoms with Crippen LogP contribution in [0.3, 0.4) is 0 Å². The van der Waals surface area contributed by atoms with Crippen LogP contribution in [0.1, 0.15) is 51.1 Å². The molecule has 1 saturated heterocycles. The topological polar surface area (TPSA) is 69.8 Å². The summed E-state index contributed by atoms with van der Waals surface area (Å²) in [6, 6.07) is 1.88. The number of carbonyl (C=O) groups is 1. The van der Waals surface area contributed by atoms with Gasteiger partial charge in [0.15, 0.2) is 5.82 Å². The first-order valence-electron chi connectivity index (χ1n) is 6.80. The maximum absolute atomic E-state index is 11.9. The number of amides is 1. The van der Waals surface area contributed by atoms with Crippen LogP contribution in [0.5, 0.6) is 0 Å². The highest BCUT2D eigenvalue weighted by atomic mass is 16.2. The van der Waals surface area contributed by atoms with Crippen molar-refractivity contribution in [1.82, 2.24) is 15.5 Å². The predicted octanol–water partition coefficient (Wildman–Crippen LogP) is 2.00. The van der Waals surface area contributed by atoms with Crippen LogP contribution in [0, 0.1) is 0 Å². The van der Waals surface area contributed by atoms with E-state index in [4.69, 9.17) is 0 Å². The number of H-pyrrole nitrogens is 1. The van der Waals surface area contributed by atoms with Crippen LogP contribution in [-0.4, -0.2) is 28.7 Å². The molecule has 1 amide bonds. The van der Waals surface area contributed by atoms with Crippen LogP contribution in [-0.2, 0) is 4.79 Å². The van der Waals surface area contributed by atoms with E-state index in [2.05, 4.69) is 34.7 Å². The number of aromatic nitrogens is 2. The zero-order chi connectivity index (χ0) is 13.0. The maximum atomic E-state index is 11.9. The average molecular weight is 250 g/mol. The Morgan fingerprint density at radius 3 is 3.17 bits per heavy atom. The molecule has 2 heterocycles. The molecule has 3 N–H and O–H groups in total. The molecule has 1 aliphatic heterocycles. The molecule has 1 aliphatic rings. The fraction of sp³-hybridized carbons (Fsp3) is 0.692. The fourth-order valence-corrected chi connectivity index (χ4v) is 2.36. The monoisotopic (exact) mass is 250 g/mol. The van der Waals surface area contributed by atoms with Gasteiger partial charge in [0, 0.05) is 11.8 Å². The Hall–Kier alpha value is -1.36. The second-order valence-corrected chi connectivity index (χ2v) is 5.04. The fourth-order valence-electron chi connectivity index (χ4n) is 2.36. The molecule has 18 heavy (non-hydrogen) atoms. The Morgan fingerprint density at radius 2 is 2.50 bits per heavy atom. The molecule has 100 valence electrons. The summed E-state index contributed by atoms with van der Waals surface area (Å²) in [6.07, 6.45) is 4.25. The number of hydrogen-bond donors (Lipinski definition) is 3. The quantitative estimate of drug-likeness (QED) is 0.748. The Balaban J connectivity index is 1.91. The van der Waals surface area contributed by atoms with E-state index in [0.717, 1.165) is 37.9 Å². The summed E-state index contributed by atoms with van der Waals surface area (Å²) in [4.78, 5) is 11.9. The van der Waals surface area contributed by atoms with Gasteiger partial charge < -0.3 is 10.6 Å². The zero-order valence-electron chi connectivity index (χ0n) is 11.1. The molecule has 0 aliphatic carbocycles. The zero-order valence-corrected chi connectivity index (χ0v) is 11.1. The number of nitrogens with zero attached hydrogens (tertiary/aromatic N) is 1. The minimum atomic E-state index is -0.0572. The highest BCUT2D eigenvalue weighted by Gasteiger charge is 2.22. The highest BCUT2D eigenvalue weighted by molar-refractivity contribution is 5.94. The first-order chi connectivity index (χ1) is 8.70. The standard InChI is InChI=1S/C13H22N4O/c1-3-5-9(2)11-8-12(17-16-11)15-13(18)10-6-4-7-14-10/h8-10,14H,3-7H2,1-2H3,(H2,15,16,17,18). The largest absolute Gasteiger partial charge is 0.308 e. The van der Waals surface area contributed by atoms with Gasteiger partial charge in [-0.3, -0.25) is 9.89 Å². The summed E-state index contributed by atoms with van der Waals surface area (Å²) >= 11 is 0. The highest BCUT2D eigenvalue weighted by Crippen LogP contribution is 2.20. The van der Waals surface area contributed by atoms with Gasteiger partial charge in [-0.05, 0) is 31.7 Å². The molecule has 0 radical (unpaired) electrons. The predicted molar refractivity (Wildman–Crippen MR) is 71.6 cm³/mol. The SMILES string of the molecule is CCCC(C)c1cc(NC(=O)C2CCCN2)n[nH]1. The molecule has 1 fully saturated rings. The van der Waals surface area contributed by atoms with E-state index >= 15 is 0 Å². The van der Waals surface area contributed by atoms with Crippen molar-refractivity contribution in [1.29, 1.82) is 0 Å². The minimum absolute atomic E-state index is 0.0219. The summed E-state index contributed by atoms with van der Waals surface area (Å²) in [5.74, 6) is 1.11. The molecule has 1 aromatic heterocycles. The number of aromatic amines is 1. The van der Waals surface area contributed by atoms with Gasteiger partial charge in [0.05, 0.1) is 6.04 Å². The second kappa shape index (κ2) is 6.00. The molecule has 5 heteroatoms. The normalized spacial score (nSPS) is 20.9. The van der Waals surface area contributed by atoms with E-state index in [-0.39, 0.29) is 11.9 Å². The number of hydrogen-bond acceptors (Lipinski definition) is 3. The van der Waals surface area contributed by atoms with E-state index in [0.29, 0.717) is 11.7 Å². The van der Waals surface area contributed by atoms with Crippen LogP contribution in [0.4, 0.5) is 5.82 Å². The van der Waals surface area contributed by atoms with Crippen molar-refractivity contribution in [3.8, 4) is 0 Å². The number of rotatable bonds is 5. The van der Waals surface area contributed by atoms with E-state index in [1.807, 2.05) is 6.07 Å². The van der Waals surface area contributed by atoms with Crippen molar-refractivity contribution in [2.75, 3.05) is 11.9 Å². The van der Waals surface area contributed by atoms with Crippen LogP contribution in [0.25, 0.3) is 0 Å². The first kappa shape index (κ1) is 13.1. The van der Waals surface area contributed by atoms with Gasteiger partial charge in [0.1, 0.15) is 0 Å². The van der Waals surface area contributed by atoms with E-state index in [1.165, 1.54) is 0 Å². The lowest BCUT2D eigenvalue weighted by atomic mass is 10.0. The number of carbonyl (C=O) groups excluding carboxylic acids is 1. The summed E-state index contributed by atoms with van der Waals surface area (Å²) in [5, 5.41) is 13.2. The lowest BCUT2D eigenvalue weighted by Crippen LogP contribution is -2.35. The molecule has 2 atom stereocenters. The van der Waals surface area contributed by atoms with Crippen LogP contribution < -0.4 is 10.6 Å². The smallest absolute Gasteiger partial charge is 0.242 e. The lowest BCUT2D eigenvalue weighted by Gasteiger charge is -2.08. The van der Waals surface area contributed by atoms with Crippen molar-refractivity contribution in [3.05, 3.63) is 11.8 Å². The van der Waals surface area contributed by atoms with E-state index in [9.17, 15) is 4.79 Å². The number of nitrogens with one attached hydrogen (secondary N) is 3. The minimum Gasteiger partial charge on any atom is -0.308 e. The average Bonchev–Trinajstić information content (AvgIpc) is 2.99. The van der Waals surface area contributed by atoms with Gasteiger partial charge in [-0.1, -0.05) is 20.3 Å². The van der Waals surface area contributed by atoms with Gasteiger partial charge in [0.2, 0.25) is 5.91 Å². The van der Waals surface area contributed by atoms with Crippen LogP contribution >= 0.6 is 0 Å². The molecule has 0 aromatic carbocycles. The molecular formula is C13H22N4O. The first-order valence-corrected chi connectivity index (χ1v) is 6.80. The van der Waals surface area contributed by atoms with Gasteiger partial charge in [-0.15, -0.1) is 0 Å². The molecule has 1 aromatic rings. The summed E-state index contributed by atoms with van der Waals surface area (Å²) in [6.45, 7) is 5.26. The summed E-state index contributed by atoms with van der Waals surface area (Å²) in [7, 11) is 0. The van der Waals surface area contributed by atoms with Crippen molar-refractivity contribution < 1.29 is 4.79 Å². The van der Waals surface area contributed by atoms with Gasteiger partial charge in [0.25, 0.3) is 0 Å². The molecular weight excluding hydrogens is 228 g/mol. The van der Waals surface area contributed by atoms with E-state index < -0.39 is 0 Å². The molecule has 5 nitrogen and oxygen atoms in total. The van der Waals surface area contributed by atoms with Crippen molar-refractivity contribution in [3.63, 3.8) is 0 Å². The second-order valence-electron chi connectivity index (χ2n) is 5.04. The third-order valence-electron chi connectivity index (χ3n) is 3.48. The molecule has 2 rings (SSSR count). The Morgan fingerprint density at radius 1 is 1.67 bits per heavy atom. The van der Waals surface area contributed by atoms with Crippen molar-refractivity contribution >= 4 is 11.7 Å². The Kier molecular flexibility index (Phi) is 4.36. The summed E-state index contributed by atoms with van der Waals surface area (Å²) < 4.78 is 0. The van der Waals surface area contributed by atoms with E-state index in [1.54, 1.807) is 0 Å². The molecule has 0 bridgehead atoms.